The second-order valence-corrected chi connectivity index (χ2v) is 9.03. The molecule has 1 aliphatic rings. The first kappa shape index (κ1) is 18.3. The van der Waals surface area contributed by atoms with E-state index in [1.54, 1.807) is 33.4 Å². The van der Waals surface area contributed by atoms with Crippen LogP contribution in [0.2, 0.25) is 0 Å². The van der Waals surface area contributed by atoms with Crippen LogP contribution < -0.4 is 5.43 Å². The molecule has 4 heterocycles. The molecular weight excluding hydrogens is 402 g/mol. The summed E-state index contributed by atoms with van der Waals surface area (Å²) in [7, 11) is 0. The normalized spacial score (nSPS) is 16.1. The lowest BCUT2D eigenvalue weighted by Gasteiger charge is -2.35. The van der Waals surface area contributed by atoms with Crippen LogP contribution in [0, 0.1) is 0 Å². The first-order valence-electron chi connectivity index (χ1n) is 9.56. The van der Waals surface area contributed by atoms with Crippen LogP contribution in [0.3, 0.4) is 0 Å². The van der Waals surface area contributed by atoms with Crippen molar-refractivity contribution in [1.82, 2.24) is 14.7 Å². The van der Waals surface area contributed by atoms with Crippen molar-refractivity contribution in [2.24, 2.45) is 0 Å². The number of nitrogens with zero attached hydrogens (tertiary/aromatic N) is 3. The second-order valence-electron chi connectivity index (χ2n) is 7.05. The third-order valence-electron chi connectivity index (χ3n) is 5.40. The molecule has 0 saturated heterocycles. The number of aromatic nitrogens is 2. The van der Waals surface area contributed by atoms with E-state index in [9.17, 15) is 9.59 Å². The maximum atomic E-state index is 13.2. The van der Waals surface area contributed by atoms with E-state index in [0.29, 0.717) is 18.4 Å². The van der Waals surface area contributed by atoms with Crippen molar-refractivity contribution in [2.45, 2.75) is 25.4 Å². The van der Waals surface area contributed by atoms with Crippen LogP contribution in [0.1, 0.15) is 27.8 Å². The second kappa shape index (κ2) is 7.57. The van der Waals surface area contributed by atoms with Crippen molar-refractivity contribution in [3.63, 3.8) is 0 Å². The molecule has 0 spiro atoms. The number of hydrogen-bond donors (Lipinski definition) is 0. The predicted molar refractivity (Wildman–Crippen MR) is 117 cm³/mol. The zero-order valence-electron chi connectivity index (χ0n) is 15.7. The molecule has 1 aliphatic heterocycles. The van der Waals surface area contributed by atoms with Gasteiger partial charge in [0, 0.05) is 28.1 Å². The number of carbonyl (C=O) groups is 1. The van der Waals surface area contributed by atoms with Gasteiger partial charge < -0.3 is 4.90 Å². The van der Waals surface area contributed by atoms with Gasteiger partial charge in [-0.3, -0.25) is 14.3 Å². The molecule has 146 valence electrons. The molecule has 0 fully saturated rings. The summed E-state index contributed by atoms with van der Waals surface area (Å²) < 4.78 is 1.76. The van der Waals surface area contributed by atoms with Crippen molar-refractivity contribution in [2.75, 3.05) is 6.54 Å². The first-order valence-corrected chi connectivity index (χ1v) is 11.3. The minimum Gasteiger partial charge on any atom is -0.330 e. The van der Waals surface area contributed by atoms with Crippen LogP contribution in [0.4, 0.5) is 0 Å². The third-order valence-corrected chi connectivity index (χ3v) is 7.32. The molecule has 4 aromatic rings. The zero-order chi connectivity index (χ0) is 19.8. The van der Waals surface area contributed by atoms with Crippen molar-refractivity contribution in [1.29, 1.82) is 0 Å². The predicted octanol–water partition coefficient (Wildman–Crippen LogP) is 4.08. The zero-order valence-corrected chi connectivity index (χ0v) is 17.3. The molecule has 29 heavy (non-hydrogen) atoms. The van der Waals surface area contributed by atoms with Crippen molar-refractivity contribution in [3.8, 4) is 0 Å². The number of para-hydroxylation sites is 1. The van der Waals surface area contributed by atoms with Gasteiger partial charge in [0.25, 0.3) is 0 Å². The fourth-order valence-electron chi connectivity index (χ4n) is 4.02. The quantitative estimate of drug-likeness (QED) is 0.499. The van der Waals surface area contributed by atoms with Gasteiger partial charge in [-0.15, -0.1) is 22.7 Å². The number of hydrogen-bond acceptors (Lipinski definition) is 5. The molecule has 5 rings (SSSR count). The number of fused-ring (bicyclic) bond motifs is 2. The molecule has 0 aliphatic carbocycles. The van der Waals surface area contributed by atoms with Crippen molar-refractivity contribution < 1.29 is 4.79 Å². The van der Waals surface area contributed by atoms with Gasteiger partial charge in [-0.05, 0) is 47.0 Å². The molecule has 1 atom stereocenters. The molecule has 0 N–H and O–H groups in total. The molecule has 0 unspecified atom stereocenters. The Balaban J connectivity index is 1.41. The van der Waals surface area contributed by atoms with E-state index >= 15 is 0 Å². The lowest BCUT2D eigenvalue weighted by Crippen LogP contribution is -2.40. The van der Waals surface area contributed by atoms with Gasteiger partial charge in [0.1, 0.15) is 0 Å². The van der Waals surface area contributed by atoms with Crippen LogP contribution in [0.15, 0.2) is 64.2 Å². The first-order chi connectivity index (χ1) is 14.2. The highest BCUT2D eigenvalue weighted by molar-refractivity contribution is 7.10. The van der Waals surface area contributed by atoms with E-state index < -0.39 is 0 Å². The highest BCUT2D eigenvalue weighted by Crippen LogP contribution is 2.39. The maximum Gasteiger partial charge on any atom is 0.225 e. The lowest BCUT2D eigenvalue weighted by atomic mass is 9.98. The van der Waals surface area contributed by atoms with Gasteiger partial charge in [0.05, 0.1) is 24.3 Å². The Bertz CT molecular complexity index is 1230. The monoisotopic (exact) mass is 421 g/mol. The van der Waals surface area contributed by atoms with E-state index in [1.165, 1.54) is 21.5 Å². The van der Waals surface area contributed by atoms with E-state index in [0.717, 1.165) is 18.5 Å². The molecule has 0 bridgehead atoms. The van der Waals surface area contributed by atoms with E-state index in [1.807, 2.05) is 29.2 Å². The van der Waals surface area contributed by atoms with Crippen LogP contribution in [-0.2, 0) is 17.8 Å². The highest BCUT2D eigenvalue weighted by Gasteiger charge is 2.33. The number of thiophene rings is 2. The van der Waals surface area contributed by atoms with Gasteiger partial charge in [0.2, 0.25) is 11.3 Å². The molecule has 1 amide bonds. The minimum absolute atomic E-state index is 0.00350. The Labute approximate surface area is 175 Å². The fraction of sp³-hybridized carbons (Fsp3) is 0.227. The van der Waals surface area contributed by atoms with E-state index in [4.69, 9.17) is 0 Å². The maximum absolute atomic E-state index is 13.2. The summed E-state index contributed by atoms with van der Waals surface area (Å²) in [4.78, 5) is 29.9. The Morgan fingerprint density at radius 1 is 1.10 bits per heavy atom. The highest BCUT2D eigenvalue weighted by atomic mass is 32.1. The van der Waals surface area contributed by atoms with Crippen molar-refractivity contribution >= 4 is 39.5 Å². The SMILES string of the molecule is O=C(CCn1ncc(=O)c2ccccc21)N1CCc2sccc2[C@H]1c1cccs1. The fourth-order valence-corrected chi connectivity index (χ4v) is 5.78. The lowest BCUT2D eigenvalue weighted by molar-refractivity contribution is -0.133. The van der Waals surface area contributed by atoms with Gasteiger partial charge in [-0.2, -0.15) is 5.10 Å². The van der Waals surface area contributed by atoms with Gasteiger partial charge in [-0.1, -0.05) is 18.2 Å². The number of benzene rings is 1. The number of rotatable bonds is 4. The molecule has 3 aromatic heterocycles. The van der Waals surface area contributed by atoms with Gasteiger partial charge in [-0.25, -0.2) is 0 Å². The average Bonchev–Trinajstić information content (AvgIpc) is 3.44. The van der Waals surface area contributed by atoms with E-state index in [-0.39, 0.29) is 17.4 Å². The summed E-state index contributed by atoms with van der Waals surface area (Å²) in [5.74, 6) is 0.116. The summed E-state index contributed by atoms with van der Waals surface area (Å²) >= 11 is 3.47. The standard InChI is InChI=1S/C22H19N3O2S2/c26-18-14-23-25(17-5-2-1-4-15(17)18)11-8-21(27)24-10-7-19-16(9-13-29-19)22(24)20-6-3-12-28-20/h1-6,9,12-14,22H,7-8,10-11H2/t22-/m0/s1. The van der Waals surface area contributed by atoms with Crippen LogP contribution in [0.5, 0.6) is 0 Å². The molecular formula is C22H19N3O2S2. The Morgan fingerprint density at radius 3 is 2.86 bits per heavy atom. The van der Waals surface area contributed by atoms with Gasteiger partial charge in [0.15, 0.2) is 0 Å². The van der Waals surface area contributed by atoms with Gasteiger partial charge >= 0.3 is 0 Å². The Morgan fingerprint density at radius 2 is 2.00 bits per heavy atom. The third kappa shape index (κ3) is 3.30. The van der Waals surface area contributed by atoms with E-state index in [2.05, 4.69) is 28.0 Å². The molecule has 5 nitrogen and oxygen atoms in total. The van der Waals surface area contributed by atoms with Crippen LogP contribution in [-0.4, -0.2) is 27.1 Å². The smallest absolute Gasteiger partial charge is 0.225 e. The molecule has 0 saturated carbocycles. The summed E-state index contributed by atoms with van der Waals surface area (Å²) in [6, 6.07) is 13.7. The Kier molecular flexibility index (Phi) is 4.77. The Hall–Kier alpha value is -2.77. The van der Waals surface area contributed by atoms with Crippen LogP contribution in [0.25, 0.3) is 10.9 Å². The molecule has 1 aromatic carbocycles. The largest absolute Gasteiger partial charge is 0.330 e. The molecule has 0 radical (unpaired) electrons. The van der Waals surface area contributed by atoms with Crippen molar-refractivity contribution in [3.05, 3.63) is 85.0 Å². The summed E-state index contributed by atoms with van der Waals surface area (Å²) in [5, 5.41) is 9.07. The summed E-state index contributed by atoms with van der Waals surface area (Å²) in [5.41, 5.74) is 1.92. The number of aryl methyl sites for hydroxylation is 1. The number of carbonyl (C=O) groups excluding carboxylic acids is 1. The minimum atomic E-state index is -0.0954. The van der Waals surface area contributed by atoms with Crippen LogP contribution >= 0.6 is 22.7 Å². The average molecular weight is 422 g/mol. The molecule has 7 heteroatoms. The summed E-state index contributed by atoms with van der Waals surface area (Å²) in [6.45, 7) is 1.18. The summed E-state index contributed by atoms with van der Waals surface area (Å²) in [6.07, 6.45) is 2.58. The topological polar surface area (TPSA) is 55.2 Å². The number of amides is 1.